The Labute approximate surface area is 171 Å². The minimum absolute atomic E-state index is 0.103. The third-order valence-corrected chi connectivity index (χ3v) is 7.67. The van der Waals surface area contributed by atoms with Gasteiger partial charge in [0.25, 0.3) is 0 Å². The van der Waals surface area contributed by atoms with Gasteiger partial charge in [-0.15, -0.1) is 0 Å². The average molecular weight is 378 g/mol. The number of rotatable bonds is 1. The Morgan fingerprint density at radius 1 is 0.929 bits per heavy atom. The molecule has 1 aliphatic heterocycles. The molecule has 1 heterocycles. The first kappa shape index (κ1) is 20.0. The lowest BCUT2D eigenvalue weighted by Gasteiger charge is -2.35. The predicted octanol–water partition coefficient (Wildman–Crippen LogP) is 5.65. The van der Waals surface area contributed by atoms with Crippen LogP contribution in [0.1, 0.15) is 79.9 Å². The van der Waals surface area contributed by atoms with E-state index in [2.05, 4.69) is 92.7 Å². The second-order valence-electron chi connectivity index (χ2n) is 11.4. The van der Waals surface area contributed by atoms with Crippen LogP contribution < -0.4 is 5.46 Å². The number of benzene rings is 1. The molecule has 3 aliphatic rings. The van der Waals surface area contributed by atoms with Gasteiger partial charge in [-0.2, -0.15) is 0 Å². The molecule has 0 amide bonds. The normalized spacial score (nSPS) is 27.2. The van der Waals surface area contributed by atoms with Crippen LogP contribution in [0.4, 0.5) is 0 Å². The maximum absolute atomic E-state index is 6.31. The minimum Gasteiger partial charge on any atom is -0.399 e. The Bertz CT molecular complexity index is 864. The highest BCUT2D eigenvalue weighted by Crippen LogP contribution is 2.55. The second-order valence-corrected chi connectivity index (χ2v) is 11.4. The van der Waals surface area contributed by atoms with Crippen molar-refractivity contribution in [1.82, 2.24) is 0 Å². The fourth-order valence-corrected chi connectivity index (χ4v) is 4.84. The van der Waals surface area contributed by atoms with Crippen molar-refractivity contribution in [3.05, 3.63) is 47.1 Å². The van der Waals surface area contributed by atoms with E-state index in [1.54, 1.807) is 5.57 Å². The molecule has 1 unspecified atom stereocenters. The molecule has 4 rings (SSSR count). The van der Waals surface area contributed by atoms with E-state index in [9.17, 15) is 0 Å². The van der Waals surface area contributed by atoms with Gasteiger partial charge in [0.15, 0.2) is 0 Å². The van der Waals surface area contributed by atoms with Crippen molar-refractivity contribution >= 4 is 18.2 Å². The molecule has 0 radical (unpaired) electrons. The zero-order valence-electron chi connectivity index (χ0n) is 19.1. The van der Waals surface area contributed by atoms with Gasteiger partial charge in [0.05, 0.1) is 11.2 Å². The van der Waals surface area contributed by atoms with E-state index >= 15 is 0 Å². The first-order valence-electron chi connectivity index (χ1n) is 10.7. The summed E-state index contributed by atoms with van der Waals surface area (Å²) in [6.45, 7) is 20.2. The molecule has 0 saturated carbocycles. The molecule has 2 aliphatic carbocycles. The first-order valence-corrected chi connectivity index (χ1v) is 10.7. The molecule has 1 fully saturated rings. The fraction of sp³-hybridized carbons (Fsp3) is 0.600. The highest BCUT2D eigenvalue weighted by molar-refractivity contribution is 6.62. The molecule has 0 spiro atoms. The van der Waals surface area contributed by atoms with Crippen molar-refractivity contribution in [3.63, 3.8) is 0 Å². The van der Waals surface area contributed by atoms with Crippen molar-refractivity contribution in [1.29, 1.82) is 0 Å². The summed E-state index contributed by atoms with van der Waals surface area (Å²) in [5.41, 5.74) is 6.71. The largest absolute Gasteiger partial charge is 0.494 e. The molecule has 0 bridgehead atoms. The van der Waals surface area contributed by atoms with Gasteiger partial charge in [-0.3, -0.25) is 0 Å². The van der Waals surface area contributed by atoms with Crippen LogP contribution in [-0.2, 0) is 14.7 Å². The van der Waals surface area contributed by atoms with Crippen LogP contribution in [-0.4, -0.2) is 18.3 Å². The quantitative estimate of drug-likeness (QED) is 0.588. The molecule has 2 nitrogen and oxygen atoms in total. The maximum Gasteiger partial charge on any atom is 0.494 e. The van der Waals surface area contributed by atoms with E-state index < -0.39 is 0 Å². The SMILES string of the molecule is CC(C)(C)C1=CC=C2c3ccc(B4OC(C)(C)C(C)(C)O4)cc3C(C)(C)C2C1. The second kappa shape index (κ2) is 5.86. The van der Waals surface area contributed by atoms with E-state index in [-0.39, 0.29) is 29.2 Å². The van der Waals surface area contributed by atoms with Gasteiger partial charge < -0.3 is 9.31 Å². The highest BCUT2D eigenvalue weighted by Gasteiger charge is 2.52. The van der Waals surface area contributed by atoms with Crippen LogP contribution in [0.15, 0.2) is 35.9 Å². The van der Waals surface area contributed by atoms with Gasteiger partial charge in [0.1, 0.15) is 0 Å². The van der Waals surface area contributed by atoms with Crippen molar-refractivity contribution in [2.24, 2.45) is 11.3 Å². The summed E-state index contributed by atoms with van der Waals surface area (Å²) < 4.78 is 12.6. The summed E-state index contributed by atoms with van der Waals surface area (Å²) >= 11 is 0. The Balaban J connectivity index is 1.72. The van der Waals surface area contributed by atoms with Crippen molar-refractivity contribution in [3.8, 4) is 0 Å². The van der Waals surface area contributed by atoms with Gasteiger partial charge in [0.2, 0.25) is 0 Å². The summed E-state index contributed by atoms with van der Waals surface area (Å²) in [6, 6.07) is 6.83. The summed E-state index contributed by atoms with van der Waals surface area (Å²) in [4.78, 5) is 0. The zero-order valence-corrected chi connectivity index (χ0v) is 19.1. The molecule has 1 aromatic carbocycles. The third kappa shape index (κ3) is 2.85. The van der Waals surface area contributed by atoms with Gasteiger partial charge in [-0.25, -0.2) is 0 Å². The maximum atomic E-state index is 6.31. The molecule has 28 heavy (non-hydrogen) atoms. The molecular weight excluding hydrogens is 343 g/mol. The number of hydrogen-bond acceptors (Lipinski definition) is 2. The van der Waals surface area contributed by atoms with Crippen LogP contribution in [0.5, 0.6) is 0 Å². The van der Waals surface area contributed by atoms with Crippen molar-refractivity contribution < 1.29 is 9.31 Å². The molecule has 1 aromatic rings. The Kier molecular flexibility index (Phi) is 4.18. The topological polar surface area (TPSA) is 18.5 Å². The Morgan fingerprint density at radius 2 is 1.54 bits per heavy atom. The van der Waals surface area contributed by atoms with E-state index in [1.165, 1.54) is 16.7 Å². The first-order chi connectivity index (χ1) is 12.7. The predicted molar refractivity (Wildman–Crippen MR) is 119 cm³/mol. The highest BCUT2D eigenvalue weighted by atomic mass is 16.7. The zero-order chi connectivity index (χ0) is 20.7. The van der Waals surface area contributed by atoms with Gasteiger partial charge in [-0.1, -0.05) is 70.5 Å². The van der Waals surface area contributed by atoms with E-state index in [1.807, 2.05) is 0 Å². The van der Waals surface area contributed by atoms with E-state index in [0.29, 0.717) is 5.92 Å². The molecular formula is C25H35BO2. The number of allylic oxidation sites excluding steroid dienone is 4. The van der Waals surface area contributed by atoms with Crippen LogP contribution in [0.2, 0.25) is 0 Å². The number of hydrogen-bond donors (Lipinski definition) is 0. The van der Waals surface area contributed by atoms with Crippen LogP contribution in [0, 0.1) is 11.3 Å². The van der Waals surface area contributed by atoms with Crippen molar-refractivity contribution in [2.45, 2.75) is 85.4 Å². The van der Waals surface area contributed by atoms with Crippen LogP contribution in [0.25, 0.3) is 5.57 Å². The molecule has 1 atom stereocenters. The van der Waals surface area contributed by atoms with E-state index in [4.69, 9.17) is 9.31 Å². The Morgan fingerprint density at radius 3 is 2.11 bits per heavy atom. The van der Waals surface area contributed by atoms with Crippen LogP contribution in [0.3, 0.4) is 0 Å². The monoisotopic (exact) mass is 378 g/mol. The molecule has 0 N–H and O–H groups in total. The fourth-order valence-electron chi connectivity index (χ4n) is 4.84. The summed E-state index contributed by atoms with van der Waals surface area (Å²) in [7, 11) is -0.300. The molecule has 3 heteroatoms. The lowest BCUT2D eigenvalue weighted by Crippen LogP contribution is -2.41. The average Bonchev–Trinajstić information content (AvgIpc) is 2.93. The van der Waals surface area contributed by atoms with Gasteiger partial charge in [0, 0.05) is 0 Å². The smallest absolute Gasteiger partial charge is 0.399 e. The number of fused-ring (bicyclic) bond motifs is 3. The lowest BCUT2D eigenvalue weighted by molar-refractivity contribution is 0.00578. The lowest BCUT2D eigenvalue weighted by atomic mass is 9.68. The molecule has 150 valence electrons. The van der Waals surface area contributed by atoms with E-state index in [0.717, 1.165) is 11.9 Å². The van der Waals surface area contributed by atoms with Gasteiger partial charge in [-0.05, 0) is 73.0 Å². The summed E-state index contributed by atoms with van der Waals surface area (Å²) in [5, 5.41) is 0. The third-order valence-electron chi connectivity index (χ3n) is 7.67. The molecule has 0 aromatic heterocycles. The van der Waals surface area contributed by atoms with Crippen molar-refractivity contribution in [2.75, 3.05) is 0 Å². The summed E-state index contributed by atoms with van der Waals surface area (Å²) in [6.07, 6.45) is 5.87. The standard InChI is InChI=1S/C25H35BO2/c1-22(2,3)16-10-12-18-19-13-11-17(15-21(19)23(4,5)20(18)14-16)26-27-24(6,7)25(8,9)28-26/h10-13,15,20H,14H2,1-9H3. The van der Waals surface area contributed by atoms with Crippen LogP contribution >= 0.6 is 0 Å². The minimum atomic E-state index is -0.311. The Hall–Kier alpha value is -1.32. The molecule has 1 saturated heterocycles. The summed E-state index contributed by atoms with van der Waals surface area (Å²) in [5.74, 6) is 0.537. The van der Waals surface area contributed by atoms with Gasteiger partial charge >= 0.3 is 7.12 Å².